The van der Waals surface area contributed by atoms with Crippen molar-refractivity contribution in [3.05, 3.63) is 59.7 Å². The first kappa shape index (κ1) is 20.7. The summed E-state index contributed by atoms with van der Waals surface area (Å²) in [5.74, 6) is -1.06. The van der Waals surface area contributed by atoms with Crippen LogP contribution < -0.4 is 4.74 Å². The van der Waals surface area contributed by atoms with E-state index in [1.807, 2.05) is 38.1 Å². The summed E-state index contributed by atoms with van der Waals surface area (Å²) in [6.45, 7) is 6.16. The minimum absolute atomic E-state index is 0.0934. The van der Waals surface area contributed by atoms with Crippen molar-refractivity contribution in [2.45, 2.75) is 31.4 Å². The predicted octanol–water partition coefficient (Wildman–Crippen LogP) is 3.26. The molecule has 2 aromatic rings. The number of hydrogen-bond acceptors (Lipinski definition) is 4. The molecule has 0 aromatic heterocycles. The van der Waals surface area contributed by atoms with Crippen LogP contribution in [0.4, 0.5) is 8.78 Å². The van der Waals surface area contributed by atoms with Crippen LogP contribution >= 0.6 is 0 Å². The van der Waals surface area contributed by atoms with E-state index in [4.69, 9.17) is 4.74 Å². The Kier molecular flexibility index (Phi) is 6.32. The standard InChI is InChI=1S/C20H24F2N2O3S/c1-15(2)27-18-5-3-4-16(12-18)14-23-8-10-24(11-9-23)28(25,26)20-7-6-17(21)13-19(20)22/h3-7,12-13,15H,8-11,14H2,1-2H3. The highest BCUT2D eigenvalue weighted by Crippen LogP contribution is 2.22. The lowest BCUT2D eigenvalue weighted by molar-refractivity contribution is 0.181. The average Bonchev–Trinajstić information content (AvgIpc) is 2.61. The molecule has 0 aliphatic carbocycles. The van der Waals surface area contributed by atoms with E-state index in [1.165, 1.54) is 4.31 Å². The van der Waals surface area contributed by atoms with E-state index in [0.717, 1.165) is 23.4 Å². The second kappa shape index (κ2) is 8.55. The summed E-state index contributed by atoms with van der Waals surface area (Å²) in [6.07, 6.45) is 0.0934. The predicted molar refractivity (Wildman–Crippen MR) is 103 cm³/mol. The van der Waals surface area contributed by atoms with Gasteiger partial charge in [-0.1, -0.05) is 12.1 Å². The van der Waals surface area contributed by atoms with Crippen LogP contribution in [0.25, 0.3) is 0 Å². The van der Waals surface area contributed by atoms with Crippen LogP contribution in [-0.4, -0.2) is 49.9 Å². The molecule has 0 unspecified atom stereocenters. The van der Waals surface area contributed by atoms with E-state index in [0.29, 0.717) is 25.7 Å². The van der Waals surface area contributed by atoms with Crippen molar-refractivity contribution in [3.8, 4) is 5.75 Å². The molecule has 0 amide bonds. The smallest absolute Gasteiger partial charge is 0.246 e. The fourth-order valence-electron chi connectivity index (χ4n) is 3.20. The molecular formula is C20H24F2N2O3S. The first-order chi connectivity index (χ1) is 13.3. The summed E-state index contributed by atoms with van der Waals surface area (Å²) < 4.78 is 59.3. The Morgan fingerprint density at radius 2 is 1.75 bits per heavy atom. The number of benzene rings is 2. The molecule has 0 bridgehead atoms. The Balaban J connectivity index is 1.63. The molecular weight excluding hydrogens is 386 g/mol. The van der Waals surface area contributed by atoms with Gasteiger partial charge in [-0.05, 0) is 43.7 Å². The van der Waals surface area contributed by atoms with Gasteiger partial charge in [0.25, 0.3) is 0 Å². The van der Waals surface area contributed by atoms with Crippen molar-refractivity contribution in [2.75, 3.05) is 26.2 Å². The van der Waals surface area contributed by atoms with Gasteiger partial charge in [-0.25, -0.2) is 17.2 Å². The molecule has 0 spiro atoms. The molecule has 1 saturated heterocycles. The number of nitrogens with zero attached hydrogens (tertiary/aromatic N) is 2. The molecule has 28 heavy (non-hydrogen) atoms. The van der Waals surface area contributed by atoms with E-state index in [-0.39, 0.29) is 19.2 Å². The number of halogens is 2. The molecule has 1 heterocycles. The Bertz CT molecular complexity index is 927. The highest BCUT2D eigenvalue weighted by Gasteiger charge is 2.30. The molecule has 5 nitrogen and oxygen atoms in total. The molecule has 152 valence electrons. The largest absolute Gasteiger partial charge is 0.491 e. The maximum Gasteiger partial charge on any atom is 0.246 e. The zero-order chi connectivity index (χ0) is 20.3. The van der Waals surface area contributed by atoms with Gasteiger partial charge in [0.15, 0.2) is 0 Å². The van der Waals surface area contributed by atoms with Gasteiger partial charge in [-0.15, -0.1) is 0 Å². The second-order valence-electron chi connectivity index (χ2n) is 7.07. The molecule has 3 rings (SSSR count). The van der Waals surface area contributed by atoms with E-state index in [2.05, 4.69) is 4.90 Å². The number of ether oxygens (including phenoxy) is 1. The summed E-state index contributed by atoms with van der Waals surface area (Å²) in [5.41, 5.74) is 1.08. The summed E-state index contributed by atoms with van der Waals surface area (Å²) in [4.78, 5) is 1.66. The number of rotatable bonds is 6. The van der Waals surface area contributed by atoms with Crippen LogP contribution in [0.5, 0.6) is 5.75 Å². The summed E-state index contributed by atoms with van der Waals surface area (Å²) in [6, 6.07) is 10.4. The molecule has 8 heteroatoms. The summed E-state index contributed by atoms with van der Waals surface area (Å²) >= 11 is 0. The topological polar surface area (TPSA) is 49.9 Å². The number of sulfonamides is 1. The third kappa shape index (κ3) is 4.87. The van der Waals surface area contributed by atoms with Crippen LogP contribution in [0.15, 0.2) is 47.4 Å². The Morgan fingerprint density at radius 1 is 1.04 bits per heavy atom. The Hall–Kier alpha value is -2.03. The van der Waals surface area contributed by atoms with E-state index in [1.54, 1.807) is 0 Å². The van der Waals surface area contributed by atoms with Crippen molar-refractivity contribution >= 4 is 10.0 Å². The molecule has 1 aliphatic rings. The fourth-order valence-corrected chi connectivity index (χ4v) is 4.67. The van der Waals surface area contributed by atoms with Crippen molar-refractivity contribution < 1.29 is 21.9 Å². The van der Waals surface area contributed by atoms with Crippen molar-refractivity contribution in [3.63, 3.8) is 0 Å². The minimum Gasteiger partial charge on any atom is -0.491 e. The molecule has 0 N–H and O–H groups in total. The maximum atomic E-state index is 13.9. The number of hydrogen-bond donors (Lipinski definition) is 0. The molecule has 1 fully saturated rings. The second-order valence-corrected chi connectivity index (χ2v) is 8.98. The van der Waals surface area contributed by atoms with Crippen LogP contribution in [-0.2, 0) is 16.6 Å². The SMILES string of the molecule is CC(C)Oc1cccc(CN2CCN(S(=O)(=O)c3ccc(F)cc3F)CC2)c1. The van der Waals surface area contributed by atoms with E-state index < -0.39 is 26.6 Å². The van der Waals surface area contributed by atoms with Crippen molar-refractivity contribution in [1.29, 1.82) is 0 Å². The highest BCUT2D eigenvalue weighted by molar-refractivity contribution is 7.89. The van der Waals surface area contributed by atoms with Gasteiger partial charge in [-0.3, -0.25) is 4.90 Å². The third-order valence-electron chi connectivity index (χ3n) is 4.52. The lowest BCUT2D eigenvalue weighted by Crippen LogP contribution is -2.48. The van der Waals surface area contributed by atoms with Gasteiger partial charge >= 0.3 is 0 Å². The van der Waals surface area contributed by atoms with Gasteiger partial charge in [0, 0.05) is 38.8 Å². The third-order valence-corrected chi connectivity index (χ3v) is 6.45. The van der Waals surface area contributed by atoms with Crippen LogP contribution in [0.1, 0.15) is 19.4 Å². The quantitative estimate of drug-likeness (QED) is 0.734. The van der Waals surface area contributed by atoms with Gasteiger partial charge in [0.1, 0.15) is 22.3 Å². The zero-order valence-corrected chi connectivity index (χ0v) is 16.8. The summed E-state index contributed by atoms with van der Waals surface area (Å²) in [7, 11) is -3.98. The van der Waals surface area contributed by atoms with Gasteiger partial charge in [0.05, 0.1) is 6.10 Å². The molecule has 1 aliphatic heterocycles. The molecule has 2 aromatic carbocycles. The maximum absolute atomic E-state index is 13.9. The minimum atomic E-state index is -3.98. The van der Waals surface area contributed by atoms with Crippen molar-refractivity contribution in [1.82, 2.24) is 9.21 Å². The van der Waals surface area contributed by atoms with Crippen molar-refractivity contribution in [2.24, 2.45) is 0 Å². The average molecular weight is 410 g/mol. The van der Waals surface area contributed by atoms with E-state index >= 15 is 0 Å². The monoisotopic (exact) mass is 410 g/mol. The van der Waals surface area contributed by atoms with Gasteiger partial charge in [0.2, 0.25) is 10.0 Å². The zero-order valence-electron chi connectivity index (χ0n) is 15.9. The van der Waals surface area contributed by atoms with Crippen LogP contribution in [0, 0.1) is 11.6 Å². The Morgan fingerprint density at radius 3 is 2.39 bits per heavy atom. The first-order valence-electron chi connectivity index (χ1n) is 9.19. The van der Waals surface area contributed by atoms with Crippen LogP contribution in [0.2, 0.25) is 0 Å². The number of piperazine rings is 1. The lowest BCUT2D eigenvalue weighted by Gasteiger charge is -2.34. The molecule has 0 atom stereocenters. The molecule has 0 saturated carbocycles. The van der Waals surface area contributed by atoms with E-state index in [9.17, 15) is 17.2 Å². The fraction of sp³-hybridized carbons (Fsp3) is 0.400. The summed E-state index contributed by atoms with van der Waals surface area (Å²) in [5, 5.41) is 0. The van der Waals surface area contributed by atoms with Gasteiger partial charge in [-0.2, -0.15) is 4.31 Å². The molecule has 0 radical (unpaired) electrons. The highest BCUT2D eigenvalue weighted by atomic mass is 32.2. The normalized spacial score (nSPS) is 16.5. The first-order valence-corrected chi connectivity index (χ1v) is 10.6. The van der Waals surface area contributed by atoms with Gasteiger partial charge < -0.3 is 4.74 Å². The van der Waals surface area contributed by atoms with Crippen LogP contribution in [0.3, 0.4) is 0 Å². The lowest BCUT2D eigenvalue weighted by atomic mass is 10.2. The Labute approximate surface area is 164 Å².